The largest absolute Gasteiger partial charge is 0.462 e. The Morgan fingerprint density at radius 3 is 2.38 bits per heavy atom. The molecule has 21 heavy (non-hydrogen) atoms. The molecule has 2 heterocycles. The monoisotopic (exact) mass is 287 g/mol. The van der Waals surface area contributed by atoms with Gasteiger partial charge < -0.3 is 4.74 Å². The van der Waals surface area contributed by atoms with E-state index in [1.807, 2.05) is 30.3 Å². The Labute approximate surface area is 127 Å². The van der Waals surface area contributed by atoms with Crippen LogP contribution in [0.5, 0.6) is 0 Å². The van der Waals surface area contributed by atoms with Crippen LogP contribution in [-0.2, 0) is 16.0 Å². The lowest BCUT2D eigenvalue weighted by molar-refractivity contribution is -0.152. The predicted molar refractivity (Wildman–Crippen MR) is 83.0 cm³/mol. The minimum Gasteiger partial charge on any atom is -0.462 e. The third-order valence-corrected chi connectivity index (χ3v) is 4.83. The fraction of sp³-hybridized carbons (Fsp3) is 0.611. The van der Waals surface area contributed by atoms with Crippen LogP contribution < -0.4 is 0 Å². The predicted octanol–water partition coefficient (Wildman–Crippen LogP) is 3.18. The molecular weight excluding hydrogens is 262 g/mol. The normalized spacial score (nSPS) is 28.8. The standard InChI is InChI=1S/C18H25NO2/c1-13(2)19-15-8-9-16(19)12-17(11-15)21-18(20)10-14-6-4-3-5-7-14/h3-7,13,15-17H,8-12H2,1-2H3. The molecule has 2 aliphatic rings. The van der Waals surface area contributed by atoms with Gasteiger partial charge in [0.15, 0.2) is 0 Å². The van der Waals surface area contributed by atoms with Crippen LogP contribution in [0.2, 0.25) is 0 Å². The lowest BCUT2D eigenvalue weighted by atomic mass is 9.98. The number of nitrogens with zero attached hydrogens (tertiary/aromatic N) is 1. The Morgan fingerprint density at radius 2 is 1.81 bits per heavy atom. The van der Waals surface area contributed by atoms with Crippen LogP contribution >= 0.6 is 0 Å². The summed E-state index contributed by atoms with van der Waals surface area (Å²) < 4.78 is 5.74. The van der Waals surface area contributed by atoms with E-state index in [-0.39, 0.29) is 12.1 Å². The molecule has 0 spiro atoms. The number of ether oxygens (including phenoxy) is 1. The van der Waals surface area contributed by atoms with E-state index >= 15 is 0 Å². The average Bonchev–Trinajstić information content (AvgIpc) is 2.72. The van der Waals surface area contributed by atoms with Gasteiger partial charge in [-0.1, -0.05) is 30.3 Å². The van der Waals surface area contributed by atoms with Gasteiger partial charge in [0.05, 0.1) is 6.42 Å². The highest BCUT2D eigenvalue weighted by atomic mass is 16.5. The van der Waals surface area contributed by atoms with E-state index in [0.29, 0.717) is 24.5 Å². The fourth-order valence-corrected chi connectivity index (χ4v) is 4.09. The number of esters is 1. The first kappa shape index (κ1) is 14.6. The third kappa shape index (κ3) is 3.29. The Kier molecular flexibility index (Phi) is 4.29. The SMILES string of the molecule is CC(C)N1C2CCC1CC(OC(=O)Cc1ccccc1)C2. The highest BCUT2D eigenvalue weighted by Crippen LogP contribution is 2.38. The third-order valence-electron chi connectivity index (χ3n) is 4.83. The first-order valence-electron chi connectivity index (χ1n) is 8.14. The summed E-state index contributed by atoms with van der Waals surface area (Å²) in [5, 5.41) is 0. The Bertz CT molecular complexity index is 471. The smallest absolute Gasteiger partial charge is 0.310 e. The Morgan fingerprint density at radius 1 is 1.19 bits per heavy atom. The molecule has 3 heteroatoms. The number of piperidine rings is 1. The van der Waals surface area contributed by atoms with Gasteiger partial charge in [-0.2, -0.15) is 0 Å². The van der Waals surface area contributed by atoms with E-state index in [4.69, 9.17) is 4.74 Å². The summed E-state index contributed by atoms with van der Waals surface area (Å²) in [6, 6.07) is 11.7. The highest BCUT2D eigenvalue weighted by molar-refractivity contribution is 5.72. The number of benzene rings is 1. The molecule has 2 fully saturated rings. The summed E-state index contributed by atoms with van der Waals surface area (Å²) in [5.41, 5.74) is 1.03. The van der Waals surface area contributed by atoms with Crippen molar-refractivity contribution in [1.82, 2.24) is 4.90 Å². The molecule has 0 aliphatic carbocycles. The molecule has 0 radical (unpaired) electrons. The first-order valence-corrected chi connectivity index (χ1v) is 8.14. The molecule has 2 saturated heterocycles. The van der Waals surface area contributed by atoms with E-state index in [9.17, 15) is 4.79 Å². The van der Waals surface area contributed by atoms with Gasteiger partial charge in [0.25, 0.3) is 0 Å². The lowest BCUT2D eigenvalue weighted by Crippen LogP contribution is -2.49. The van der Waals surface area contributed by atoms with Crippen LogP contribution in [0.25, 0.3) is 0 Å². The van der Waals surface area contributed by atoms with Crippen molar-refractivity contribution in [2.24, 2.45) is 0 Å². The second-order valence-electron chi connectivity index (χ2n) is 6.67. The lowest BCUT2D eigenvalue weighted by Gasteiger charge is -2.41. The van der Waals surface area contributed by atoms with E-state index in [2.05, 4.69) is 18.7 Å². The Hall–Kier alpha value is -1.35. The first-order chi connectivity index (χ1) is 10.1. The van der Waals surface area contributed by atoms with Crippen molar-refractivity contribution in [3.8, 4) is 0 Å². The van der Waals surface area contributed by atoms with Crippen molar-refractivity contribution in [2.45, 2.75) is 70.2 Å². The molecule has 2 aliphatic heterocycles. The van der Waals surface area contributed by atoms with Crippen LogP contribution in [0.15, 0.2) is 30.3 Å². The van der Waals surface area contributed by atoms with Crippen molar-refractivity contribution in [2.75, 3.05) is 0 Å². The summed E-state index contributed by atoms with van der Waals surface area (Å²) >= 11 is 0. The maximum absolute atomic E-state index is 12.1. The van der Waals surface area contributed by atoms with Crippen molar-refractivity contribution < 1.29 is 9.53 Å². The maximum Gasteiger partial charge on any atom is 0.310 e. The van der Waals surface area contributed by atoms with Gasteiger partial charge in [0.2, 0.25) is 0 Å². The van der Waals surface area contributed by atoms with Crippen LogP contribution in [0.1, 0.15) is 45.1 Å². The molecule has 2 unspecified atom stereocenters. The number of carbonyl (C=O) groups excluding carboxylic acids is 1. The van der Waals surface area contributed by atoms with Gasteiger partial charge >= 0.3 is 5.97 Å². The summed E-state index contributed by atoms with van der Waals surface area (Å²) in [5.74, 6) is -0.0800. The van der Waals surface area contributed by atoms with Crippen LogP contribution in [0.3, 0.4) is 0 Å². The second-order valence-corrected chi connectivity index (χ2v) is 6.67. The number of carbonyl (C=O) groups is 1. The molecule has 1 aromatic carbocycles. The van der Waals surface area contributed by atoms with Crippen LogP contribution in [-0.4, -0.2) is 35.1 Å². The molecule has 0 amide bonds. The number of hydrogen-bond donors (Lipinski definition) is 0. The summed E-state index contributed by atoms with van der Waals surface area (Å²) in [4.78, 5) is 14.7. The summed E-state index contributed by atoms with van der Waals surface area (Å²) in [7, 11) is 0. The van der Waals surface area contributed by atoms with Gasteiger partial charge in [-0.05, 0) is 32.3 Å². The van der Waals surface area contributed by atoms with Crippen LogP contribution in [0, 0.1) is 0 Å². The highest BCUT2D eigenvalue weighted by Gasteiger charge is 2.42. The topological polar surface area (TPSA) is 29.5 Å². The van der Waals surface area contributed by atoms with Crippen LogP contribution in [0.4, 0.5) is 0 Å². The Balaban J connectivity index is 1.54. The van der Waals surface area contributed by atoms with E-state index in [1.54, 1.807) is 0 Å². The zero-order chi connectivity index (χ0) is 14.8. The zero-order valence-corrected chi connectivity index (χ0v) is 13.0. The zero-order valence-electron chi connectivity index (χ0n) is 13.0. The van der Waals surface area contributed by atoms with Gasteiger partial charge in [-0.15, -0.1) is 0 Å². The molecule has 2 bridgehead atoms. The fourth-order valence-electron chi connectivity index (χ4n) is 4.09. The summed E-state index contributed by atoms with van der Waals surface area (Å²) in [6.45, 7) is 4.54. The number of rotatable bonds is 4. The van der Waals surface area contributed by atoms with Crippen molar-refractivity contribution in [1.29, 1.82) is 0 Å². The summed E-state index contributed by atoms with van der Waals surface area (Å²) in [6.07, 6.45) is 5.05. The van der Waals surface area contributed by atoms with Gasteiger partial charge in [-0.25, -0.2) is 0 Å². The molecule has 2 atom stereocenters. The molecule has 3 rings (SSSR count). The molecule has 3 nitrogen and oxygen atoms in total. The minimum atomic E-state index is -0.0800. The molecular formula is C18H25NO2. The van der Waals surface area contributed by atoms with E-state index in [1.165, 1.54) is 12.8 Å². The molecule has 1 aromatic rings. The van der Waals surface area contributed by atoms with E-state index in [0.717, 1.165) is 18.4 Å². The molecule has 0 N–H and O–H groups in total. The molecule has 0 saturated carbocycles. The number of hydrogen-bond acceptors (Lipinski definition) is 3. The van der Waals surface area contributed by atoms with Gasteiger partial charge in [0.1, 0.15) is 6.10 Å². The second kappa shape index (κ2) is 6.18. The molecule has 114 valence electrons. The van der Waals surface area contributed by atoms with Crippen molar-refractivity contribution in [3.63, 3.8) is 0 Å². The minimum absolute atomic E-state index is 0.0800. The van der Waals surface area contributed by atoms with Crippen molar-refractivity contribution >= 4 is 5.97 Å². The van der Waals surface area contributed by atoms with Gasteiger partial charge in [-0.3, -0.25) is 9.69 Å². The molecule has 0 aromatic heterocycles. The average molecular weight is 287 g/mol. The number of fused-ring (bicyclic) bond motifs is 2. The quantitative estimate of drug-likeness (QED) is 0.797. The van der Waals surface area contributed by atoms with Crippen molar-refractivity contribution in [3.05, 3.63) is 35.9 Å². The maximum atomic E-state index is 12.1. The van der Waals surface area contributed by atoms with E-state index < -0.39 is 0 Å². The van der Waals surface area contributed by atoms with Gasteiger partial charge in [0, 0.05) is 31.0 Å².